The molecule has 2 heterocycles. The van der Waals surface area contributed by atoms with Crippen LogP contribution in [-0.4, -0.2) is 41.0 Å². The second-order valence-electron chi connectivity index (χ2n) is 6.01. The lowest BCUT2D eigenvalue weighted by Crippen LogP contribution is -2.47. The van der Waals surface area contributed by atoms with Crippen LogP contribution in [-0.2, 0) is 11.2 Å². The molecule has 2 aromatic rings. The summed E-state index contributed by atoms with van der Waals surface area (Å²) >= 11 is 0. The molecular weight excluding hydrogens is 316 g/mol. The van der Waals surface area contributed by atoms with Gasteiger partial charge in [-0.05, 0) is 37.1 Å². The van der Waals surface area contributed by atoms with Crippen LogP contribution < -0.4 is 10.6 Å². The third-order valence-electron chi connectivity index (χ3n) is 4.25. The fourth-order valence-electron chi connectivity index (χ4n) is 2.98. The molecule has 1 fully saturated rings. The van der Waals surface area contributed by atoms with Crippen molar-refractivity contribution in [2.75, 3.05) is 18.4 Å². The van der Waals surface area contributed by atoms with Crippen molar-refractivity contribution in [3.8, 4) is 0 Å². The molecule has 1 aromatic heterocycles. The smallest absolute Gasteiger partial charge is 0.322 e. The van der Waals surface area contributed by atoms with E-state index in [0.717, 1.165) is 17.8 Å². The summed E-state index contributed by atoms with van der Waals surface area (Å²) < 4.78 is 0. The third-order valence-corrected chi connectivity index (χ3v) is 4.25. The summed E-state index contributed by atoms with van der Waals surface area (Å²) in [7, 11) is 0. The first-order valence-corrected chi connectivity index (χ1v) is 8.54. The zero-order chi connectivity index (χ0) is 17.5. The van der Waals surface area contributed by atoms with Crippen molar-refractivity contribution in [3.63, 3.8) is 0 Å². The number of anilines is 1. The fourth-order valence-corrected chi connectivity index (χ4v) is 2.98. The minimum Gasteiger partial charge on any atom is -0.354 e. The van der Waals surface area contributed by atoms with Gasteiger partial charge in [0.15, 0.2) is 0 Å². The average molecular weight is 338 g/mol. The van der Waals surface area contributed by atoms with Crippen molar-refractivity contribution in [2.24, 2.45) is 0 Å². The molecule has 6 nitrogen and oxygen atoms in total. The molecule has 0 aliphatic carbocycles. The number of pyridine rings is 1. The van der Waals surface area contributed by atoms with Gasteiger partial charge >= 0.3 is 6.03 Å². The van der Waals surface area contributed by atoms with E-state index in [4.69, 9.17) is 0 Å². The molecule has 1 unspecified atom stereocenters. The van der Waals surface area contributed by atoms with Crippen molar-refractivity contribution in [2.45, 2.75) is 25.3 Å². The van der Waals surface area contributed by atoms with Gasteiger partial charge in [0.2, 0.25) is 5.91 Å². The molecule has 130 valence electrons. The quantitative estimate of drug-likeness (QED) is 0.879. The van der Waals surface area contributed by atoms with Crippen LogP contribution in [0.4, 0.5) is 10.5 Å². The number of para-hydroxylation sites is 1. The van der Waals surface area contributed by atoms with Gasteiger partial charge in [0.05, 0.1) is 0 Å². The third kappa shape index (κ3) is 4.56. The summed E-state index contributed by atoms with van der Waals surface area (Å²) in [6, 6.07) is 14.4. The van der Waals surface area contributed by atoms with Crippen molar-refractivity contribution < 1.29 is 9.59 Å². The monoisotopic (exact) mass is 338 g/mol. The summed E-state index contributed by atoms with van der Waals surface area (Å²) in [6.07, 6.45) is 3.94. The molecule has 1 saturated heterocycles. The summed E-state index contributed by atoms with van der Waals surface area (Å²) in [5.74, 6) is -0.100. The maximum absolute atomic E-state index is 12.4. The van der Waals surface area contributed by atoms with Gasteiger partial charge in [-0.3, -0.25) is 9.78 Å². The molecule has 0 radical (unpaired) electrons. The fraction of sp³-hybridized carbons (Fsp3) is 0.316. The van der Waals surface area contributed by atoms with Crippen LogP contribution in [0.25, 0.3) is 0 Å². The number of amides is 3. The summed E-state index contributed by atoms with van der Waals surface area (Å²) in [5.41, 5.74) is 1.67. The number of nitrogens with one attached hydrogen (secondary N) is 2. The lowest BCUT2D eigenvalue weighted by molar-refractivity contribution is -0.124. The number of hydrogen-bond donors (Lipinski definition) is 2. The second kappa shape index (κ2) is 8.28. The molecule has 0 saturated carbocycles. The van der Waals surface area contributed by atoms with Gasteiger partial charge in [-0.25, -0.2) is 4.79 Å². The number of carbonyl (C=O) groups excluding carboxylic acids is 2. The highest BCUT2D eigenvalue weighted by atomic mass is 16.2. The molecule has 25 heavy (non-hydrogen) atoms. The van der Waals surface area contributed by atoms with Crippen LogP contribution in [0.1, 0.15) is 18.5 Å². The Morgan fingerprint density at radius 2 is 1.92 bits per heavy atom. The molecule has 2 N–H and O–H groups in total. The Bertz CT molecular complexity index is 706. The Balaban J connectivity index is 1.51. The highest BCUT2D eigenvalue weighted by Gasteiger charge is 2.33. The average Bonchev–Trinajstić information content (AvgIpc) is 3.13. The van der Waals surface area contributed by atoms with Crippen LogP contribution in [0.2, 0.25) is 0 Å². The molecule has 3 rings (SSSR count). The first-order valence-electron chi connectivity index (χ1n) is 8.54. The number of nitrogens with zero attached hydrogens (tertiary/aromatic N) is 2. The Hall–Kier alpha value is -2.89. The van der Waals surface area contributed by atoms with E-state index < -0.39 is 6.04 Å². The molecule has 1 aliphatic rings. The zero-order valence-electron chi connectivity index (χ0n) is 14.0. The van der Waals surface area contributed by atoms with Gasteiger partial charge in [-0.15, -0.1) is 0 Å². The summed E-state index contributed by atoms with van der Waals surface area (Å²) in [5, 5.41) is 5.77. The van der Waals surface area contributed by atoms with Gasteiger partial charge in [0.25, 0.3) is 0 Å². The number of carbonyl (C=O) groups is 2. The Morgan fingerprint density at radius 1 is 1.12 bits per heavy atom. The SMILES string of the molecule is O=C(NCCc1ccccn1)C1CCCN1C(=O)Nc1ccccc1. The molecule has 1 aromatic carbocycles. The van der Waals surface area contributed by atoms with Gasteiger partial charge in [0.1, 0.15) is 6.04 Å². The Labute approximate surface area is 147 Å². The second-order valence-corrected chi connectivity index (χ2v) is 6.01. The highest BCUT2D eigenvalue weighted by Crippen LogP contribution is 2.19. The van der Waals surface area contributed by atoms with E-state index >= 15 is 0 Å². The van der Waals surface area contributed by atoms with E-state index in [-0.39, 0.29) is 11.9 Å². The van der Waals surface area contributed by atoms with Gasteiger partial charge in [-0.2, -0.15) is 0 Å². The predicted octanol–water partition coefficient (Wildman–Crippen LogP) is 2.44. The van der Waals surface area contributed by atoms with Crippen molar-refractivity contribution in [3.05, 3.63) is 60.4 Å². The number of aromatic nitrogens is 1. The van der Waals surface area contributed by atoms with E-state index in [1.807, 2.05) is 48.5 Å². The molecule has 1 atom stereocenters. The molecule has 0 spiro atoms. The van der Waals surface area contributed by atoms with Crippen molar-refractivity contribution in [1.82, 2.24) is 15.2 Å². The summed E-state index contributed by atoms with van der Waals surface area (Å²) in [6.45, 7) is 1.11. The maximum Gasteiger partial charge on any atom is 0.322 e. The number of hydrogen-bond acceptors (Lipinski definition) is 3. The van der Waals surface area contributed by atoms with Crippen LogP contribution in [0.3, 0.4) is 0 Å². The number of likely N-dealkylation sites (tertiary alicyclic amines) is 1. The van der Waals surface area contributed by atoms with Crippen LogP contribution in [0, 0.1) is 0 Å². The molecule has 0 bridgehead atoms. The molecule has 3 amide bonds. The topological polar surface area (TPSA) is 74.3 Å². The summed E-state index contributed by atoms with van der Waals surface area (Å²) in [4.78, 5) is 30.8. The van der Waals surface area contributed by atoms with E-state index in [2.05, 4.69) is 15.6 Å². The lowest BCUT2D eigenvalue weighted by Gasteiger charge is -2.24. The minimum absolute atomic E-state index is 0.100. The molecule has 6 heteroatoms. The molecule has 1 aliphatic heterocycles. The van der Waals surface area contributed by atoms with Crippen molar-refractivity contribution in [1.29, 1.82) is 0 Å². The van der Waals surface area contributed by atoms with Crippen LogP contribution >= 0.6 is 0 Å². The lowest BCUT2D eigenvalue weighted by atomic mass is 10.2. The maximum atomic E-state index is 12.4. The first kappa shape index (κ1) is 17.0. The van der Waals surface area contributed by atoms with Gasteiger partial charge in [0, 0.05) is 37.1 Å². The van der Waals surface area contributed by atoms with E-state index in [1.54, 1.807) is 11.1 Å². The van der Waals surface area contributed by atoms with E-state index in [0.29, 0.717) is 25.9 Å². The highest BCUT2D eigenvalue weighted by molar-refractivity contribution is 5.94. The minimum atomic E-state index is -0.410. The predicted molar refractivity (Wildman–Crippen MR) is 96.1 cm³/mol. The van der Waals surface area contributed by atoms with Gasteiger partial charge < -0.3 is 15.5 Å². The molecular formula is C19H22N4O2. The van der Waals surface area contributed by atoms with Crippen molar-refractivity contribution >= 4 is 17.6 Å². The Morgan fingerprint density at radius 3 is 2.68 bits per heavy atom. The normalized spacial score (nSPS) is 16.5. The Kier molecular flexibility index (Phi) is 5.61. The van der Waals surface area contributed by atoms with Gasteiger partial charge in [-0.1, -0.05) is 24.3 Å². The number of benzene rings is 1. The standard InChI is InChI=1S/C19H22N4O2/c24-18(21-13-11-15-7-4-5-12-20-15)17-10-6-14-23(17)19(25)22-16-8-2-1-3-9-16/h1-5,7-9,12,17H,6,10-11,13-14H2,(H,21,24)(H,22,25). The van der Waals surface area contributed by atoms with E-state index in [1.165, 1.54) is 0 Å². The largest absolute Gasteiger partial charge is 0.354 e. The number of rotatable bonds is 5. The number of urea groups is 1. The van der Waals surface area contributed by atoms with Crippen LogP contribution in [0.15, 0.2) is 54.7 Å². The van der Waals surface area contributed by atoms with E-state index in [9.17, 15) is 9.59 Å². The first-order chi connectivity index (χ1) is 12.2. The zero-order valence-corrected chi connectivity index (χ0v) is 14.0. The van der Waals surface area contributed by atoms with Crippen LogP contribution in [0.5, 0.6) is 0 Å².